The largest absolute Gasteiger partial charge is 0.481 e. The summed E-state index contributed by atoms with van der Waals surface area (Å²) in [6.45, 7) is 11.1. The first-order valence-electron chi connectivity index (χ1n) is 6.63. The summed E-state index contributed by atoms with van der Waals surface area (Å²) in [7, 11) is 0. The first-order chi connectivity index (χ1) is 8.39. The number of aliphatic carboxylic acids is 1. The Balaban J connectivity index is 2.83. The molecule has 2 unspecified atom stereocenters. The highest BCUT2D eigenvalue weighted by Crippen LogP contribution is 2.50. The van der Waals surface area contributed by atoms with Gasteiger partial charge in [-0.15, -0.1) is 0 Å². The first-order valence-corrected chi connectivity index (χ1v) is 6.63. The van der Waals surface area contributed by atoms with Crippen LogP contribution in [0.15, 0.2) is 0 Å². The van der Waals surface area contributed by atoms with Crippen LogP contribution in [-0.4, -0.2) is 28.3 Å². The fraction of sp³-hybridized carbons (Fsp3) is 0.857. The summed E-state index contributed by atoms with van der Waals surface area (Å²) < 4.78 is 5.26. The van der Waals surface area contributed by atoms with E-state index in [1.165, 1.54) is 0 Å². The van der Waals surface area contributed by atoms with E-state index in [1.54, 1.807) is 20.8 Å². The monoisotopic (exact) mass is 271 g/mol. The van der Waals surface area contributed by atoms with Gasteiger partial charge >= 0.3 is 12.1 Å². The molecule has 0 saturated heterocycles. The number of carboxylic acid groups (broad SMARTS) is 1. The minimum Gasteiger partial charge on any atom is -0.481 e. The van der Waals surface area contributed by atoms with Crippen LogP contribution >= 0.6 is 0 Å². The lowest BCUT2D eigenvalue weighted by Gasteiger charge is -2.41. The standard InChI is InChI=1S/C14H25NO4/c1-12(2,3)19-11(18)15-14(6)8-7-9(10(16)17)13(14,4)5/h9H,7-8H2,1-6H3,(H,15,18)(H,16,17). The Labute approximate surface area is 114 Å². The third-order valence-corrected chi connectivity index (χ3v) is 4.30. The molecule has 1 amide bonds. The summed E-state index contributed by atoms with van der Waals surface area (Å²) in [6.07, 6.45) is 0.708. The van der Waals surface area contributed by atoms with E-state index in [9.17, 15) is 14.7 Å². The van der Waals surface area contributed by atoms with Gasteiger partial charge in [0.15, 0.2) is 0 Å². The average molecular weight is 271 g/mol. The molecule has 110 valence electrons. The molecule has 5 nitrogen and oxygen atoms in total. The zero-order valence-electron chi connectivity index (χ0n) is 12.7. The number of hydrogen-bond acceptors (Lipinski definition) is 3. The number of amides is 1. The Bertz CT molecular complexity index is 383. The first kappa shape index (κ1) is 15.8. The predicted molar refractivity (Wildman–Crippen MR) is 71.9 cm³/mol. The molecular weight excluding hydrogens is 246 g/mol. The number of alkyl carbamates (subject to hydrolysis) is 1. The Morgan fingerprint density at radius 1 is 1.26 bits per heavy atom. The minimum atomic E-state index is -0.806. The maximum absolute atomic E-state index is 11.9. The third kappa shape index (κ3) is 3.19. The van der Waals surface area contributed by atoms with Crippen molar-refractivity contribution in [3.05, 3.63) is 0 Å². The number of hydrogen-bond donors (Lipinski definition) is 2. The highest BCUT2D eigenvalue weighted by Gasteiger charge is 2.55. The molecule has 0 aromatic rings. The summed E-state index contributed by atoms with van der Waals surface area (Å²) in [5, 5.41) is 12.1. The number of carbonyl (C=O) groups excluding carboxylic acids is 1. The molecule has 19 heavy (non-hydrogen) atoms. The Morgan fingerprint density at radius 2 is 1.79 bits per heavy atom. The van der Waals surface area contributed by atoms with E-state index in [1.807, 2.05) is 20.8 Å². The van der Waals surface area contributed by atoms with Gasteiger partial charge in [-0.05, 0) is 40.5 Å². The SMILES string of the molecule is CC(C)(C)OC(=O)NC1(C)CCC(C(=O)O)C1(C)C. The van der Waals surface area contributed by atoms with E-state index in [4.69, 9.17) is 4.74 Å². The van der Waals surface area contributed by atoms with Gasteiger partial charge in [0.05, 0.1) is 5.92 Å². The van der Waals surface area contributed by atoms with Gasteiger partial charge in [-0.3, -0.25) is 4.79 Å². The van der Waals surface area contributed by atoms with Crippen molar-refractivity contribution < 1.29 is 19.4 Å². The lowest BCUT2D eigenvalue weighted by Crippen LogP contribution is -2.55. The molecule has 0 aromatic carbocycles. The zero-order valence-corrected chi connectivity index (χ0v) is 12.7. The van der Waals surface area contributed by atoms with Crippen LogP contribution in [0.5, 0.6) is 0 Å². The molecule has 2 atom stereocenters. The fourth-order valence-electron chi connectivity index (χ4n) is 2.69. The predicted octanol–water partition coefficient (Wildman–Crippen LogP) is 2.79. The van der Waals surface area contributed by atoms with Crippen molar-refractivity contribution in [2.24, 2.45) is 11.3 Å². The summed E-state index contributed by atoms with van der Waals surface area (Å²) in [4.78, 5) is 23.2. The van der Waals surface area contributed by atoms with E-state index >= 15 is 0 Å². The van der Waals surface area contributed by atoms with Gasteiger partial charge in [-0.25, -0.2) is 4.79 Å². The van der Waals surface area contributed by atoms with E-state index < -0.39 is 34.5 Å². The van der Waals surface area contributed by atoms with Gasteiger partial charge in [0.25, 0.3) is 0 Å². The highest BCUT2D eigenvalue weighted by molar-refractivity contribution is 5.73. The van der Waals surface area contributed by atoms with Gasteiger partial charge in [-0.2, -0.15) is 0 Å². The maximum atomic E-state index is 11.9. The van der Waals surface area contributed by atoms with Crippen LogP contribution < -0.4 is 5.32 Å². The summed E-state index contributed by atoms with van der Waals surface area (Å²) in [6, 6.07) is 0. The summed E-state index contributed by atoms with van der Waals surface area (Å²) in [5.41, 5.74) is -1.65. The number of nitrogens with one attached hydrogen (secondary N) is 1. The van der Waals surface area contributed by atoms with Crippen LogP contribution in [-0.2, 0) is 9.53 Å². The second-order valence-electron chi connectivity index (χ2n) is 7.11. The van der Waals surface area contributed by atoms with E-state index in [0.717, 1.165) is 0 Å². The highest BCUT2D eigenvalue weighted by atomic mass is 16.6. The van der Waals surface area contributed by atoms with Crippen molar-refractivity contribution in [3.63, 3.8) is 0 Å². The molecule has 5 heteroatoms. The molecule has 1 fully saturated rings. The van der Waals surface area contributed by atoms with E-state index in [2.05, 4.69) is 5.32 Å². The van der Waals surface area contributed by atoms with Crippen LogP contribution in [0.1, 0.15) is 54.4 Å². The van der Waals surface area contributed by atoms with Crippen molar-refractivity contribution in [1.29, 1.82) is 0 Å². The Hall–Kier alpha value is -1.26. The Kier molecular flexibility index (Phi) is 3.90. The number of rotatable bonds is 2. The molecule has 1 aliphatic rings. The van der Waals surface area contributed by atoms with Gasteiger partial charge in [0, 0.05) is 11.0 Å². The number of carbonyl (C=O) groups is 2. The van der Waals surface area contributed by atoms with Crippen LogP contribution in [0.25, 0.3) is 0 Å². The van der Waals surface area contributed by atoms with Gasteiger partial charge < -0.3 is 15.2 Å². The third-order valence-electron chi connectivity index (χ3n) is 4.30. The maximum Gasteiger partial charge on any atom is 0.408 e. The molecule has 0 spiro atoms. The van der Waals surface area contributed by atoms with E-state index in [-0.39, 0.29) is 0 Å². The van der Waals surface area contributed by atoms with Crippen LogP contribution in [0.4, 0.5) is 4.79 Å². The summed E-state index contributed by atoms with van der Waals surface area (Å²) in [5.74, 6) is -1.26. The number of ether oxygens (including phenoxy) is 1. The van der Waals surface area contributed by atoms with E-state index in [0.29, 0.717) is 12.8 Å². The van der Waals surface area contributed by atoms with Crippen LogP contribution in [0.3, 0.4) is 0 Å². The molecule has 0 radical (unpaired) electrons. The van der Waals surface area contributed by atoms with Gasteiger partial charge in [0.2, 0.25) is 0 Å². The molecule has 2 N–H and O–H groups in total. The van der Waals surface area contributed by atoms with Crippen molar-refractivity contribution in [2.75, 3.05) is 0 Å². The molecular formula is C14H25NO4. The normalized spacial score (nSPS) is 29.9. The zero-order chi connectivity index (χ0) is 15.1. The van der Waals surface area contributed by atoms with Crippen molar-refractivity contribution in [2.45, 2.75) is 65.5 Å². The van der Waals surface area contributed by atoms with Crippen LogP contribution in [0, 0.1) is 11.3 Å². The fourth-order valence-corrected chi connectivity index (χ4v) is 2.69. The minimum absolute atomic E-state index is 0.451. The molecule has 1 rings (SSSR count). The second kappa shape index (κ2) is 4.69. The summed E-state index contributed by atoms with van der Waals surface area (Å²) >= 11 is 0. The topological polar surface area (TPSA) is 75.6 Å². The molecule has 0 bridgehead atoms. The van der Waals surface area contributed by atoms with Crippen molar-refractivity contribution in [1.82, 2.24) is 5.32 Å². The molecule has 1 aliphatic carbocycles. The van der Waals surface area contributed by atoms with Gasteiger partial charge in [-0.1, -0.05) is 13.8 Å². The Morgan fingerprint density at radius 3 is 2.16 bits per heavy atom. The molecule has 1 saturated carbocycles. The van der Waals surface area contributed by atoms with Gasteiger partial charge in [0.1, 0.15) is 5.60 Å². The lowest BCUT2D eigenvalue weighted by atomic mass is 9.71. The lowest BCUT2D eigenvalue weighted by molar-refractivity contribution is -0.145. The second-order valence-corrected chi connectivity index (χ2v) is 7.11. The quantitative estimate of drug-likeness (QED) is 0.809. The molecule has 0 aromatic heterocycles. The molecule has 0 aliphatic heterocycles. The van der Waals surface area contributed by atoms with Crippen molar-refractivity contribution >= 4 is 12.1 Å². The van der Waals surface area contributed by atoms with Crippen molar-refractivity contribution in [3.8, 4) is 0 Å². The number of carboxylic acids is 1. The van der Waals surface area contributed by atoms with Crippen LogP contribution in [0.2, 0.25) is 0 Å². The smallest absolute Gasteiger partial charge is 0.408 e. The molecule has 0 heterocycles. The average Bonchev–Trinajstić information content (AvgIpc) is 2.33.